The Morgan fingerprint density at radius 2 is 0.526 bits per heavy atom. The van der Waals surface area contributed by atoms with Crippen molar-refractivity contribution >= 4 is 43.6 Å². The first-order chi connectivity index (χ1) is 37.7. The van der Waals surface area contributed by atoms with Crippen molar-refractivity contribution in [2.24, 2.45) is 0 Å². The van der Waals surface area contributed by atoms with Gasteiger partial charge in [0.15, 0.2) is 0 Å². The molecule has 0 aliphatic heterocycles. The average Bonchev–Trinajstić information content (AvgIpc) is 3.98. The minimum Gasteiger partial charge on any atom is -0.294 e. The molecule has 9 aromatic carbocycles. The standard InChI is InChI=1S/C65H33F6N7/c66-64(67,68)52-25-50(26-53(33-52)65(69,70)71)51-31-62(77-58-21-17-46(42-9-1-38(34-72)2-10-42)27-54(58)55-28-47(18-22-59(55)77)43-11-3-39(35-73)4-12-43)76-63(32-51)78-60-23-19-48(44-13-5-40(36-74)6-14-44)29-56(60)57-30-49(20-24-61(57)78)45-15-7-41(37-75)8-16-45/h1-33H. The van der Waals surface area contributed by atoms with E-state index in [9.17, 15) is 47.4 Å². The molecule has 0 radical (unpaired) electrons. The van der Waals surface area contributed by atoms with Gasteiger partial charge in [-0.25, -0.2) is 4.98 Å². The SMILES string of the molecule is N#Cc1ccc(-c2ccc3c(c2)c2cc(-c4ccc(C#N)cc4)ccc2n3-c2cc(-c3cc(C(F)(F)F)cc(C(F)(F)F)c3)cc(-n3c4ccc(-c5ccc(C#N)cc5)cc4c4cc(-c5ccc(C#N)cc5)ccc43)n2)cc1. The van der Waals surface area contributed by atoms with Gasteiger partial charge in [-0.3, -0.25) is 9.13 Å². The van der Waals surface area contributed by atoms with Gasteiger partial charge in [-0.15, -0.1) is 0 Å². The summed E-state index contributed by atoms with van der Waals surface area (Å²) in [5, 5.41) is 41.1. The Balaban J connectivity index is 1.16. The van der Waals surface area contributed by atoms with Crippen molar-refractivity contribution in [3.8, 4) is 91.5 Å². The molecular weight excluding hydrogens is 993 g/mol. The number of benzene rings is 9. The number of fused-ring (bicyclic) bond motifs is 6. The summed E-state index contributed by atoms with van der Waals surface area (Å²) in [7, 11) is 0. The molecule has 0 saturated carbocycles. The van der Waals surface area contributed by atoms with E-state index in [1.54, 1.807) is 48.5 Å². The van der Waals surface area contributed by atoms with E-state index in [0.29, 0.717) is 44.3 Å². The van der Waals surface area contributed by atoms with E-state index in [4.69, 9.17) is 4.98 Å². The monoisotopic (exact) mass is 1030 g/mol. The number of pyridine rings is 1. The number of aromatic nitrogens is 3. The fourth-order valence-electron chi connectivity index (χ4n) is 10.2. The third-order valence-electron chi connectivity index (χ3n) is 14.1. The van der Waals surface area contributed by atoms with Crippen molar-refractivity contribution in [3.63, 3.8) is 0 Å². The van der Waals surface area contributed by atoms with Crippen LogP contribution in [-0.4, -0.2) is 14.1 Å². The van der Waals surface area contributed by atoms with Gasteiger partial charge in [0.1, 0.15) is 11.6 Å². The molecule has 3 aromatic heterocycles. The Bertz CT molecular complexity index is 4080. The molecular formula is C65H33F6N7. The van der Waals surface area contributed by atoms with Gasteiger partial charge in [0, 0.05) is 21.5 Å². The highest BCUT2D eigenvalue weighted by Gasteiger charge is 2.37. The molecule has 0 amide bonds. The topological polar surface area (TPSA) is 118 Å². The average molecular weight is 1030 g/mol. The first-order valence-electron chi connectivity index (χ1n) is 24.2. The molecule has 78 heavy (non-hydrogen) atoms. The molecule has 0 saturated heterocycles. The molecule has 0 bridgehead atoms. The van der Waals surface area contributed by atoms with E-state index in [-0.39, 0.29) is 28.8 Å². The molecule has 0 aliphatic carbocycles. The Labute approximate surface area is 440 Å². The predicted octanol–water partition coefficient (Wildman–Crippen LogP) is 17.1. The molecule has 12 rings (SSSR count). The van der Waals surface area contributed by atoms with Crippen LogP contribution in [-0.2, 0) is 12.4 Å². The molecule has 370 valence electrons. The van der Waals surface area contributed by atoms with Crippen LogP contribution < -0.4 is 0 Å². The van der Waals surface area contributed by atoms with E-state index in [2.05, 4.69) is 24.3 Å². The number of alkyl halides is 6. The number of halogens is 6. The van der Waals surface area contributed by atoms with Gasteiger partial charge in [-0.2, -0.15) is 47.4 Å². The summed E-state index contributed by atoms with van der Waals surface area (Å²) in [5.74, 6) is 0.369. The fourth-order valence-corrected chi connectivity index (χ4v) is 10.2. The zero-order chi connectivity index (χ0) is 54.0. The summed E-state index contributed by atoms with van der Waals surface area (Å²) >= 11 is 0. The number of rotatable bonds is 7. The lowest BCUT2D eigenvalue weighted by atomic mass is 9.99. The Hall–Kier alpha value is -10.7. The molecule has 0 aliphatic rings. The molecule has 0 atom stereocenters. The second-order valence-electron chi connectivity index (χ2n) is 18.7. The lowest BCUT2D eigenvalue weighted by molar-refractivity contribution is -0.143. The molecule has 13 heteroatoms. The molecule has 0 unspecified atom stereocenters. The third-order valence-corrected chi connectivity index (χ3v) is 14.1. The van der Waals surface area contributed by atoms with Gasteiger partial charge in [-0.05, 0) is 183 Å². The maximum atomic E-state index is 14.7. The van der Waals surface area contributed by atoms with Crippen LogP contribution in [0, 0.1) is 45.3 Å². The maximum absolute atomic E-state index is 14.7. The van der Waals surface area contributed by atoms with Crippen molar-refractivity contribution in [2.45, 2.75) is 12.4 Å². The van der Waals surface area contributed by atoms with E-state index >= 15 is 0 Å². The minimum atomic E-state index is -5.13. The number of hydrogen-bond donors (Lipinski definition) is 0. The highest BCUT2D eigenvalue weighted by atomic mass is 19.4. The minimum absolute atomic E-state index is 0.0170. The normalized spacial score (nSPS) is 11.7. The van der Waals surface area contributed by atoms with Crippen LogP contribution in [0.3, 0.4) is 0 Å². The molecule has 0 spiro atoms. The summed E-state index contributed by atoms with van der Waals surface area (Å²) in [6, 6.07) is 64.8. The van der Waals surface area contributed by atoms with Crippen LogP contribution in [0.2, 0.25) is 0 Å². The highest BCUT2D eigenvalue weighted by Crippen LogP contribution is 2.43. The number of nitriles is 4. The van der Waals surface area contributed by atoms with Crippen LogP contribution in [0.25, 0.3) is 111 Å². The van der Waals surface area contributed by atoms with Crippen molar-refractivity contribution in [1.82, 2.24) is 14.1 Å². The summed E-state index contributed by atoms with van der Waals surface area (Å²) in [6.07, 6.45) is -10.3. The zero-order valence-corrected chi connectivity index (χ0v) is 40.5. The largest absolute Gasteiger partial charge is 0.416 e. The van der Waals surface area contributed by atoms with Gasteiger partial charge in [0.2, 0.25) is 0 Å². The lowest BCUT2D eigenvalue weighted by Gasteiger charge is -2.17. The predicted molar refractivity (Wildman–Crippen MR) is 289 cm³/mol. The van der Waals surface area contributed by atoms with E-state index < -0.39 is 23.5 Å². The summed E-state index contributed by atoms with van der Waals surface area (Å²) < 4.78 is 91.8. The lowest BCUT2D eigenvalue weighted by Crippen LogP contribution is -2.11. The first kappa shape index (κ1) is 48.2. The van der Waals surface area contributed by atoms with E-state index in [1.165, 1.54) is 12.1 Å². The summed E-state index contributed by atoms with van der Waals surface area (Å²) in [4.78, 5) is 5.34. The molecule has 7 nitrogen and oxygen atoms in total. The number of hydrogen-bond acceptors (Lipinski definition) is 5. The van der Waals surface area contributed by atoms with Gasteiger partial charge < -0.3 is 0 Å². The second kappa shape index (κ2) is 18.6. The molecule has 3 heterocycles. The van der Waals surface area contributed by atoms with Crippen LogP contribution in [0.4, 0.5) is 26.3 Å². The third kappa shape index (κ3) is 8.58. The smallest absolute Gasteiger partial charge is 0.294 e. The molecule has 0 fully saturated rings. The van der Waals surface area contributed by atoms with Crippen molar-refractivity contribution in [3.05, 3.63) is 234 Å². The van der Waals surface area contributed by atoms with Crippen molar-refractivity contribution in [2.75, 3.05) is 0 Å². The van der Waals surface area contributed by atoms with Crippen LogP contribution >= 0.6 is 0 Å². The second-order valence-corrected chi connectivity index (χ2v) is 18.7. The van der Waals surface area contributed by atoms with E-state index in [0.717, 1.165) is 78.2 Å². The first-order valence-corrected chi connectivity index (χ1v) is 24.2. The van der Waals surface area contributed by atoms with Gasteiger partial charge in [0.05, 0.1) is 79.7 Å². The van der Waals surface area contributed by atoms with Crippen molar-refractivity contribution < 1.29 is 26.3 Å². The molecule has 0 N–H and O–H groups in total. The summed E-state index contributed by atoms with van der Waals surface area (Å²) in [5.41, 5.74) is 7.67. The summed E-state index contributed by atoms with van der Waals surface area (Å²) in [6.45, 7) is 0. The van der Waals surface area contributed by atoms with E-state index in [1.807, 2.05) is 130 Å². The number of nitrogens with zero attached hydrogens (tertiary/aromatic N) is 7. The van der Waals surface area contributed by atoms with Crippen LogP contribution in [0.5, 0.6) is 0 Å². The van der Waals surface area contributed by atoms with Gasteiger partial charge in [-0.1, -0.05) is 72.8 Å². The van der Waals surface area contributed by atoms with Crippen molar-refractivity contribution in [1.29, 1.82) is 21.0 Å². The van der Waals surface area contributed by atoms with Crippen LogP contribution in [0.15, 0.2) is 200 Å². The Kier molecular flexibility index (Phi) is 11.5. The quantitative estimate of drug-likeness (QED) is 0.147. The van der Waals surface area contributed by atoms with Crippen LogP contribution in [0.1, 0.15) is 33.4 Å². The maximum Gasteiger partial charge on any atom is 0.416 e. The molecule has 12 aromatic rings. The van der Waals surface area contributed by atoms with Gasteiger partial charge >= 0.3 is 12.4 Å². The highest BCUT2D eigenvalue weighted by molar-refractivity contribution is 6.13. The fraction of sp³-hybridized carbons (Fsp3) is 0.0308. The zero-order valence-electron chi connectivity index (χ0n) is 40.5. The Morgan fingerprint density at radius 1 is 0.282 bits per heavy atom. The van der Waals surface area contributed by atoms with Gasteiger partial charge in [0.25, 0.3) is 0 Å². The Morgan fingerprint density at radius 3 is 0.769 bits per heavy atom.